The van der Waals surface area contributed by atoms with E-state index in [1.807, 2.05) is 36.4 Å². The number of ketones is 1. The standard InChI is InChI=1S/C29H27ClN6O4/c30-36(25(26(37)27(31)38)19-20-5-2-1-3-6-20)29(39)23-7-4-13-32-28(23)35-14-12-24(33-35)21-8-10-22(11-9-21)34-15-17-40-18-16-34/h1-14,25H,15-19H2,(H2,31,38). The van der Waals surface area contributed by atoms with Gasteiger partial charge in [0.15, 0.2) is 5.82 Å². The maximum absolute atomic E-state index is 13.6. The Hall–Kier alpha value is -4.54. The summed E-state index contributed by atoms with van der Waals surface area (Å²) in [5.74, 6) is -2.65. The van der Waals surface area contributed by atoms with Crippen LogP contribution in [0.1, 0.15) is 15.9 Å². The van der Waals surface area contributed by atoms with Crippen LogP contribution in [0.3, 0.4) is 0 Å². The Morgan fingerprint density at radius 2 is 1.70 bits per heavy atom. The van der Waals surface area contributed by atoms with E-state index in [4.69, 9.17) is 22.2 Å². The first kappa shape index (κ1) is 27.0. The summed E-state index contributed by atoms with van der Waals surface area (Å²) in [6, 6.07) is 20.6. The van der Waals surface area contributed by atoms with Gasteiger partial charge in [0.05, 0.1) is 24.5 Å². The van der Waals surface area contributed by atoms with Crippen molar-refractivity contribution in [2.24, 2.45) is 5.73 Å². The Labute approximate surface area is 236 Å². The molecule has 2 aromatic heterocycles. The van der Waals surface area contributed by atoms with E-state index in [0.29, 0.717) is 24.5 Å². The number of anilines is 1. The van der Waals surface area contributed by atoms with Crippen molar-refractivity contribution in [1.82, 2.24) is 19.2 Å². The minimum atomic E-state index is -1.31. The molecule has 0 bridgehead atoms. The van der Waals surface area contributed by atoms with Crippen LogP contribution in [0.4, 0.5) is 5.69 Å². The summed E-state index contributed by atoms with van der Waals surface area (Å²) in [7, 11) is 0. The van der Waals surface area contributed by atoms with Gasteiger partial charge in [0.25, 0.3) is 11.8 Å². The summed E-state index contributed by atoms with van der Waals surface area (Å²) >= 11 is 6.45. The number of amides is 2. The third-order valence-corrected chi connectivity index (χ3v) is 7.04. The molecule has 2 N–H and O–H groups in total. The summed E-state index contributed by atoms with van der Waals surface area (Å²) in [5, 5.41) is 4.64. The van der Waals surface area contributed by atoms with Crippen LogP contribution in [0, 0.1) is 0 Å². The first-order valence-corrected chi connectivity index (χ1v) is 13.1. The quantitative estimate of drug-likeness (QED) is 0.247. The molecule has 1 aliphatic heterocycles. The molecular formula is C29H27ClN6O4. The molecule has 1 saturated heterocycles. The number of hydrogen-bond acceptors (Lipinski definition) is 7. The Morgan fingerprint density at radius 1 is 0.975 bits per heavy atom. The van der Waals surface area contributed by atoms with Crippen molar-refractivity contribution in [3.8, 4) is 17.1 Å². The van der Waals surface area contributed by atoms with Gasteiger partial charge in [0, 0.05) is 54.9 Å². The molecule has 40 heavy (non-hydrogen) atoms. The third kappa shape index (κ3) is 5.88. The molecule has 0 spiro atoms. The summed E-state index contributed by atoms with van der Waals surface area (Å²) in [5.41, 5.74) is 8.79. The zero-order valence-corrected chi connectivity index (χ0v) is 22.3. The minimum Gasteiger partial charge on any atom is -0.378 e. The lowest BCUT2D eigenvalue weighted by Gasteiger charge is -2.28. The number of benzene rings is 2. The smallest absolute Gasteiger partial charge is 0.287 e. The molecular weight excluding hydrogens is 532 g/mol. The van der Waals surface area contributed by atoms with Crippen LogP contribution in [0.15, 0.2) is 85.2 Å². The number of morpholine rings is 1. The highest BCUT2D eigenvalue weighted by Crippen LogP contribution is 2.25. The van der Waals surface area contributed by atoms with Gasteiger partial charge in [0.2, 0.25) is 5.78 Å². The number of halogens is 1. The van der Waals surface area contributed by atoms with E-state index in [1.54, 1.807) is 36.5 Å². The summed E-state index contributed by atoms with van der Waals surface area (Å²) in [4.78, 5) is 44.6. The lowest BCUT2D eigenvalue weighted by molar-refractivity contribution is -0.137. The number of ether oxygens (including phenoxy) is 1. The average Bonchev–Trinajstić information content (AvgIpc) is 3.50. The number of carbonyl (C=O) groups excluding carboxylic acids is 3. The maximum Gasteiger partial charge on any atom is 0.287 e. The second-order valence-electron chi connectivity index (χ2n) is 9.22. The van der Waals surface area contributed by atoms with Crippen LogP contribution < -0.4 is 10.6 Å². The predicted molar refractivity (Wildman–Crippen MR) is 150 cm³/mol. The number of nitrogens with zero attached hydrogens (tertiary/aromatic N) is 5. The highest BCUT2D eigenvalue weighted by atomic mass is 35.5. The number of rotatable bonds is 9. The summed E-state index contributed by atoms with van der Waals surface area (Å²) in [6.07, 6.45) is 3.23. The number of aromatic nitrogens is 3. The molecule has 2 aromatic carbocycles. The van der Waals surface area contributed by atoms with E-state index in [2.05, 4.69) is 15.0 Å². The lowest BCUT2D eigenvalue weighted by Crippen LogP contribution is -2.46. The number of nitrogens with two attached hydrogens (primary N) is 1. The fourth-order valence-corrected chi connectivity index (χ4v) is 4.79. The van der Waals surface area contributed by atoms with Crippen molar-refractivity contribution in [2.45, 2.75) is 12.5 Å². The van der Waals surface area contributed by atoms with Gasteiger partial charge in [-0.2, -0.15) is 5.10 Å². The van der Waals surface area contributed by atoms with E-state index in [0.717, 1.165) is 28.8 Å². The first-order chi connectivity index (χ1) is 19.4. The predicted octanol–water partition coefficient (Wildman–Crippen LogP) is 3.03. The van der Waals surface area contributed by atoms with Crippen LogP contribution in [0.2, 0.25) is 0 Å². The van der Waals surface area contributed by atoms with Crippen LogP contribution in [0.5, 0.6) is 0 Å². The van der Waals surface area contributed by atoms with Gasteiger partial charge in [-0.3, -0.25) is 14.4 Å². The fraction of sp³-hybridized carbons (Fsp3) is 0.207. The highest BCUT2D eigenvalue weighted by Gasteiger charge is 2.34. The Morgan fingerprint density at radius 3 is 2.40 bits per heavy atom. The van der Waals surface area contributed by atoms with Crippen LogP contribution in [-0.2, 0) is 20.7 Å². The van der Waals surface area contributed by atoms with Gasteiger partial charge in [-0.25, -0.2) is 14.1 Å². The van der Waals surface area contributed by atoms with Gasteiger partial charge < -0.3 is 15.4 Å². The van der Waals surface area contributed by atoms with E-state index in [-0.39, 0.29) is 17.8 Å². The molecule has 0 radical (unpaired) electrons. The van der Waals surface area contributed by atoms with Crippen LogP contribution in [-0.4, -0.2) is 69.1 Å². The SMILES string of the molecule is NC(=O)C(=O)C(Cc1ccccc1)N(Cl)C(=O)c1cccnc1-n1ccc(-c2ccc(N3CCOCC3)cc2)n1. The molecule has 5 rings (SSSR count). The first-order valence-electron chi connectivity index (χ1n) is 12.7. The van der Waals surface area contributed by atoms with E-state index < -0.39 is 23.6 Å². The van der Waals surface area contributed by atoms with Crippen molar-refractivity contribution >= 4 is 35.1 Å². The van der Waals surface area contributed by atoms with Crippen molar-refractivity contribution in [1.29, 1.82) is 0 Å². The average molecular weight is 559 g/mol. The molecule has 204 valence electrons. The molecule has 10 nitrogen and oxygen atoms in total. The van der Waals surface area contributed by atoms with Crippen LogP contribution in [0.25, 0.3) is 17.1 Å². The monoisotopic (exact) mass is 558 g/mol. The minimum absolute atomic E-state index is 0.0137. The van der Waals surface area contributed by atoms with Gasteiger partial charge in [-0.05, 0) is 35.9 Å². The highest BCUT2D eigenvalue weighted by molar-refractivity contribution is 6.40. The van der Waals surface area contributed by atoms with Crippen molar-refractivity contribution < 1.29 is 19.1 Å². The normalized spacial score (nSPS) is 14.0. The Bertz CT molecular complexity index is 1500. The van der Waals surface area contributed by atoms with Crippen molar-refractivity contribution in [3.63, 3.8) is 0 Å². The van der Waals surface area contributed by atoms with Gasteiger partial charge >= 0.3 is 0 Å². The second-order valence-corrected chi connectivity index (χ2v) is 9.58. The summed E-state index contributed by atoms with van der Waals surface area (Å²) < 4.78 is 7.62. The van der Waals surface area contributed by atoms with Crippen molar-refractivity contribution in [3.05, 3.63) is 96.3 Å². The molecule has 0 aliphatic carbocycles. The van der Waals surface area contributed by atoms with E-state index in [9.17, 15) is 14.4 Å². The maximum atomic E-state index is 13.6. The van der Waals surface area contributed by atoms with Gasteiger partial charge in [-0.1, -0.05) is 42.5 Å². The molecule has 2 amide bonds. The number of pyridine rings is 1. The zero-order chi connectivity index (χ0) is 28.1. The molecule has 1 fully saturated rings. The van der Waals surface area contributed by atoms with Gasteiger partial charge in [0.1, 0.15) is 6.04 Å². The molecule has 1 atom stereocenters. The molecule has 3 heterocycles. The molecule has 0 saturated carbocycles. The third-order valence-electron chi connectivity index (χ3n) is 6.65. The van der Waals surface area contributed by atoms with E-state index >= 15 is 0 Å². The largest absolute Gasteiger partial charge is 0.378 e. The lowest BCUT2D eigenvalue weighted by atomic mass is 10.0. The number of carbonyl (C=O) groups is 3. The van der Waals surface area contributed by atoms with Crippen molar-refractivity contribution in [2.75, 3.05) is 31.2 Å². The topological polar surface area (TPSA) is 124 Å². The second kappa shape index (κ2) is 12.1. The zero-order valence-electron chi connectivity index (χ0n) is 21.5. The Balaban J connectivity index is 1.39. The fourth-order valence-electron chi connectivity index (χ4n) is 4.54. The molecule has 4 aromatic rings. The number of primary amides is 1. The summed E-state index contributed by atoms with van der Waals surface area (Å²) in [6.45, 7) is 3.11. The van der Waals surface area contributed by atoms with Crippen LogP contribution >= 0.6 is 11.8 Å². The number of hydrogen-bond donors (Lipinski definition) is 1. The number of Topliss-reactive ketones (excluding diaryl/α,β-unsaturated/α-hetero) is 1. The molecule has 11 heteroatoms. The van der Waals surface area contributed by atoms with E-state index in [1.165, 1.54) is 16.9 Å². The Kier molecular flexibility index (Phi) is 8.18. The molecule has 1 aliphatic rings. The molecule has 1 unspecified atom stereocenters. The van der Waals surface area contributed by atoms with Gasteiger partial charge in [-0.15, -0.1) is 0 Å².